The summed E-state index contributed by atoms with van der Waals surface area (Å²) < 4.78 is 10.4. The quantitative estimate of drug-likeness (QED) is 0.103. The van der Waals surface area contributed by atoms with Crippen molar-refractivity contribution in [3.63, 3.8) is 0 Å². The molecule has 0 bridgehead atoms. The summed E-state index contributed by atoms with van der Waals surface area (Å²) in [5.74, 6) is 2.32. The molecule has 3 rings (SSSR count). The smallest absolute Gasteiger partial charge is 0.311 e. The first kappa shape index (κ1) is 29.6. The number of ether oxygens (including phenoxy) is 2. The molecule has 0 aliphatic carbocycles. The molecular formula is C26H33NO7S2. The number of Topliss-reactive ketones (excluding diaryl/α,β-unsaturated/α-hetero) is 1. The Bertz CT molecular complexity index is 1020. The van der Waals surface area contributed by atoms with Crippen LogP contribution in [0.4, 0.5) is 0 Å². The minimum absolute atomic E-state index is 0.0235. The summed E-state index contributed by atoms with van der Waals surface area (Å²) in [4.78, 5) is 45.2. The fourth-order valence-corrected chi connectivity index (χ4v) is 5.63. The number of rotatable bonds is 13. The predicted molar refractivity (Wildman–Crippen MR) is 144 cm³/mol. The second-order valence-corrected chi connectivity index (χ2v) is 11.0. The van der Waals surface area contributed by atoms with E-state index in [0.29, 0.717) is 12.2 Å². The van der Waals surface area contributed by atoms with Gasteiger partial charge in [-0.15, -0.1) is 0 Å². The van der Waals surface area contributed by atoms with Crippen molar-refractivity contribution < 1.29 is 28.8 Å². The van der Waals surface area contributed by atoms with Gasteiger partial charge >= 0.3 is 11.9 Å². The highest BCUT2D eigenvalue weighted by atomic mass is 33.1. The number of esters is 2. The van der Waals surface area contributed by atoms with Crippen LogP contribution in [0.25, 0.3) is 10.8 Å². The molecule has 0 aromatic heterocycles. The van der Waals surface area contributed by atoms with Crippen LogP contribution in [0.1, 0.15) is 57.4 Å². The first-order chi connectivity index (χ1) is 17.4. The molecule has 0 radical (unpaired) electrons. The lowest BCUT2D eigenvalue weighted by Crippen LogP contribution is -2.12. The van der Waals surface area contributed by atoms with Crippen molar-refractivity contribution in [1.29, 1.82) is 0 Å². The van der Waals surface area contributed by atoms with Crippen LogP contribution >= 0.6 is 21.6 Å². The lowest BCUT2D eigenvalue weighted by Gasteiger charge is -2.08. The molecule has 1 heterocycles. The molecule has 0 saturated carbocycles. The fraction of sp³-hybridized carbons (Fsp3) is 0.500. The highest BCUT2D eigenvalue weighted by Crippen LogP contribution is 2.29. The molecule has 2 aromatic rings. The van der Waals surface area contributed by atoms with E-state index in [1.807, 2.05) is 40.6 Å². The van der Waals surface area contributed by atoms with Crippen molar-refractivity contribution in [1.82, 2.24) is 0 Å². The van der Waals surface area contributed by atoms with Crippen LogP contribution in [-0.4, -0.2) is 47.3 Å². The van der Waals surface area contributed by atoms with Crippen molar-refractivity contribution in [2.45, 2.75) is 58.3 Å². The van der Waals surface area contributed by atoms with Crippen molar-refractivity contribution in [2.75, 3.05) is 24.7 Å². The lowest BCUT2D eigenvalue weighted by atomic mass is 10.0. The van der Waals surface area contributed by atoms with Crippen molar-refractivity contribution in [3.05, 3.63) is 52.1 Å². The molecule has 36 heavy (non-hydrogen) atoms. The van der Waals surface area contributed by atoms with Gasteiger partial charge in [0.25, 0.3) is 0 Å². The Kier molecular flexibility index (Phi) is 14.0. The number of ketones is 1. The van der Waals surface area contributed by atoms with E-state index in [2.05, 4.69) is 0 Å². The zero-order valence-corrected chi connectivity index (χ0v) is 22.2. The number of benzene rings is 2. The molecule has 10 heteroatoms. The van der Waals surface area contributed by atoms with Gasteiger partial charge in [0.15, 0.2) is 0 Å². The summed E-state index contributed by atoms with van der Waals surface area (Å²) in [5, 5.41) is 12.0. The summed E-state index contributed by atoms with van der Waals surface area (Å²) >= 11 is 0. The van der Waals surface area contributed by atoms with Crippen LogP contribution in [-0.2, 0) is 25.5 Å². The molecule has 196 valence electrons. The third-order valence-electron chi connectivity index (χ3n) is 5.17. The number of fused-ring (bicyclic) bond motifs is 1. The molecule has 0 spiro atoms. The largest absolute Gasteiger partial charge is 0.465 e. The standard InChI is InChI=1S/C23H27NO7.C3H6S2/c1-2-3-5-20(25)11-13-30-23(27)15-17-7-8-19-16-21(10-9-18(19)14-17)31-22(26)6-4-12-24(28)29;1-2-4-5-3-1/h7-10,14,16H,2-6,11-13,15H2,1H3;1-3H2. The maximum Gasteiger partial charge on any atom is 0.311 e. The highest BCUT2D eigenvalue weighted by Gasteiger charge is 2.10. The Hall–Kier alpha value is -2.59. The molecule has 2 aromatic carbocycles. The second kappa shape index (κ2) is 17.0. The average molecular weight is 536 g/mol. The van der Waals surface area contributed by atoms with E-state index in [1.54, 1.807) is 24.3 Å². The molecule has 1 aliphatic rings. The van der Waals surface area contributed by atoms with Crippen LogP contribution in [0.2, 0.25) is 0 Å². The van der Waals surface area contributed by atoms with E-state index in [1.165, 1.54) is 17.9 Å². The summed E-state index contributed by atoms with van der Waals surface area (Å²) in [7, 11) is 3.98. The molecule has 0 N–H and O–H groups in total. The topological polar surface area (TPSA) is 113 Å². The summed E-state index contributed by atoms with van der Waals surface area (Å²) in [5.41, 5.74) is 0.777. The summed E-state index contributed by atoms with van der Waals surface area (Å²) in [6.45, 7) is 1.85. The molecule has 1 fully saturated rings. The van der Waals surface area contributed by atoms with Gasteiger partial charge in [-0.25, -0.2) is 0 Å². The number of hydrogen-bond donors (Lipinski definition) is 0. The van der Waals surface area contributed by atoms with Crippen molar-refractivity contribution in [3.8, 4) is 5.75 Å². The van der Waals surface area contributed by atoms with E-state index in [-0.39, 0.29) is 50.6 Å². The maximum atomic E-state index is 12.0. The molecule has 0 amide bonds. The molecular weight excluding hydrogens is 502 g/mol. The van der Waals surface area contributed by atoms with Gasteiger partial charge in [-0.05, 0) is 41.3 Å². The number of unbranched alkanes of at least 4 members (excludes halogenated alkanes) is 1. The summed E-state index contributed by atoms with van der Waals surface area (Å²) in [6.07, 6.45) is 4.22. The first-order valence-electron chi connectivity index (χ1n) is 12.1. The van der Waals surface area contributed by atoms with E-state index < -0.39 is 10.9 Å². The molecule has 0 unspecified atom stereocenters. The Morgan fingerprint density at radius 1 is 0.944 bits per heavy atom. The van der Waals surface area contributed by atoms with E-state index in [4.69, 9.17) is 9.47 Å². The van der Waals surface area contributed by atoms with Gasteiger partial charge in [0, 0.05) is 35.7 Å². The van der Waals surface area contributed by atoms with Crippen molar-refractivity contribution in [2.24, 2.45) is 0 Å². The number of nitro groups is 1. The minimum atomic E-state index is -0.520. The van der Waals surface area contributed by atoms with E-state index in [0.717, 1.165) is 29.2 Å². The van der Waals surface area contributed by atoms with Gasteiger partial charge in [-0.2, -0.15) is 0 Å². The maximum absolute atomic E-state index is 12.0. The van der Waals surface area contributed by atoms with Gasteiger partial charge in [0.1, 0.15) is 11.5 Å². The Balaban J connectivity index is 0.000000809. The second-order valence-electron chi connectivity index (χ2n) is 8.26. The van der Waals surface area contributed by atoms with E-state index in [9.17, 15) is 24.5 Å². The Labute approximate surface area is 219 Å². The highest BCUT2D eigenvalue weighted by molar-refractivity contribution is 8.77. The minimum Gasteiger partial charge on any atom is -0.465 e. The number of carbonyl (C=O) groups excluding carboxylic acids is 3. The lowest BCUT2D eigenvalue weighted by molar-refractivity contribution is -0.480. The van der Waals surface area contributed by atoms with Gasteiger partial charge < -0.3 is 9.47 Å². The van der Waals surface area contributed by atoms with Crippen LogP contribution in [0.3, 0.4) is 0 Å². The number of carbonyl (C=O) groups is 3. The van der Waals surface area contributed by atoms with Gasteiger partial charge in [-0.3, -0.25) is 24.5 Å². The molecule has 0 atom stereocenters. The molecule has 1 saturated heterocycles. The van der Waals surface area contributed by atoms with Crippen molar-refractivity contribution >= 4 is 50.1 Å². The number of hydrogen-bond acceptors (Lipinski definition) is 9. The van der Waals surface area contributed by atoms with Gasteiger partial charge in [0.05, 0.1) is 19.4 Å². The monoisotopic (exact) mass is 535 g/mol. The molecule has 8 nitrogen and oxygen atoms in total. The predicted octanol–water partition coefficient (Wildman–Crippen LogP) is 5.81. The summed E-state index contributed by atoms with van der Waals surface area (Å²) in [6, 6.07) is 10.6. The third-order valence-corrected chi connectivity index (χ3v) is 7.75. The fourth-order valence-electron chi connectivity index (χ4n) is 3.27. The average Bonchev–Trinajstić information content (AvgIpc) is 3.43. The Morgan fingerprint density at radius 2 is 1.67 bits per heavy atom. The van der Waals surface area contributed by atoms with Crippen LogP contribution in [0, 0.1) is 10.1 Å². The van der Waals surface area contributed by atoms with Gasteiger partial charge in [-0.1, -0.05) is 59.2 Å². The van der Waals surface area contributed by atoms with Gasteiger partial charge in [0.2, 0.25) is 6.54 Å². The zero-order valence-electron chi connectivity index (χ0n) is 20.6. The Morgan fingerprint density at radius 3 is 2.33 bits per heavy atom. The first-order valence-corrected chi connectivity index (χ1v) is 14.6. The number of nitrogens with zero attached hydrogens (tertiary/aromatic N) is 1. The SMILES string of the molecule is C1CSSC1.CCCCC(=O)CCOC(=O)Cc1ccc2cc(OC(=O)CCC[N+](=O)[O-])ccc2c1. The molecule has 1 aliphatic heterocycles. The normalized spacial score (nSPS) is 12.5. The third kappa shape index (κ3) is 12.4. The zero-order chi connectivity index (χ0) is 26.2. The van der Waals surface area contributed by atoms with Crippen LogP contribution in [0.5, 0.6) is 5.75 Å². The van der Waals surface area contributed by atoms with Crippen LogP contribution in [0.15, 0.2) is 36.4 Å². The van der Waals surface area contributed by atoms with E-state index >= 15 is 0 Å². The van der Waals surface area contributed by atoms with Crippen LogP contribution < -0.4 is 4.74 Å².